The maximum absolute atomic E-state index is 10.1. The number of aryl methyl sites for hydroxylation is 3. The quantitative estimate of drug-likeness (QED) is 0.330. The zero-order valence-electron chi connectivity index (χ0n) is 17.6. The molecule has 2 aromatic heterocycles. The molecule has 31 heavy (non-hydrogen) atoms. The first-order valence-corrected chi connectivity index (χ1v) is 11.2. The number of benzene rings is 2. The van der Waals surface area contributed by atoms with Crippen LogP contribution < -0.4 is 5.32 Å². The summed E-state index contributed by atoms with van der Waals surface area (Å²) >= 11 is 6.65. The number of nitrogens with zero attached hydrogens (tertiary/aromatic N) is 1. The fourth-order valence-corrected chi connectivity index (χ4v) is 4.87. The van der Waals surface area contributed by atoms with Crippen LogP contribution >= 0.6 is 11.6 Å². The van der Waals surface area contributed by atoms with Crippen LogP contribution in [0.5, 0.6) is 0 Å². The van der Waals surface area contributed by atoms with Crippen molar-refractivity contribution >= 4 is 33.9 Å². The van der Waals surface area contributed by atoms with E-state index in [-0.39, 0.29) is 0 Å². The summed E-state index contributed by atoms with van der Waals surface area (Å²) < 4.78 is 0. The zero-order valence-corrected chi connectivity index (χ0v) is 18.3. The summed E-state index contributed by atoms with van der Waals surface area (Å²) in [5.74, 6) is 0. The van der Waals surface area contributed by atoms with E-state index in [0.29, 0.717) is 0 Å². The maximum atomic E-state index is 10.1. The summed E-state index contributed by atoms with van der Waals surface area (Å²) in [4.78, 5) is 7.70. The number of fused-ring (bicyclic) bond motifs is 2. The summed E-state index contributed by atoms with van der Waals surface area (Å²) in [6, 6.07) is 14.6. The molecule has 0 fully saturated rings. The minimum atomic E-state index is -0.464. The molecule has 1 aliphatic carbocycles. The molecule has 4 nitrogen and oxygen atoms in total. The van der Waals surface area contributed by atoms with Gasteiger partial charge in [-0.3, -0.25) is 4.98 Å². The standard InChI is InChI=1S/C26H26ClN3O/c1-16-13-24(30-23-11-12-28-26-20(23)9-10-25(26)31)21(27)14-17(16)5-4-6-18-15-29-22-8-3-2-7-19(18)22/h2-3,7-8,11-15,25,29,31H,4-6,9-10H2,1H3,(H,28,30). The van der Waals surface area contributed by atoms with Crippen LogP contribution in [0.4, 0.5) is 11.4 Å². The van der Waals surface area contributed by atoms with Crippen molar-refractivity contribution in [1.82, 2.24) is 9.97 Å². The Morgan fingerprint density at radius 1 is 1.13 bits per heavy atom. The van der Waals surface area contributed by atoms with Crippen LogP contribution in [0.1, 0.15) is 46.9 Å². The van der Waals surface area contributed by atoms with Crippen LogP contribution in [0.15, 0.2) is 54.9 Å². The minimum Gasteiger partial charge on any atom is -0.387 e. The Balaban J connectivity index is 1.30. The Hall–Kier alpha value is -2.82. The monoisotopic (exact) mass is 431 g/mol. The SMILES string of the molecule is Cc1cc(Nc2ccnc3c2CCC3O)c(Cl)cc1CCCc1c[nH]c2ccccc12. The summed E-state index contributed by atoms with van der Waals surface area (Å²) in [5, 5.41) is 15.6. The van der Waals surface area contributed by atoms with Crippen LogP contribution in [0.25, 0.3) is 10.9 Å². The second kappa shape index (κ2) is 8.37. The third kappa shape index (κ3) is 3.93. The molecule has 158 valence electrons. The number of pyridine rings is 1. The lowest BCUT2D eigenvalue weighted by Crippen LogP contribution is -2.01. The van der Waals surface area contributed by atoms with Gasteiger partial charge in [0.2, 0.25) is 0 Å². The number of H-pyrrole nitrogens is 1. The molecular formula is C26H26ClN3O. The molecule has 0 aliphatic heterocycles. The van der Waals surface area contributed by atoms with Crippen molar-refractivity contribution in [3.8, 4) is 0 Å². The molecule has 1 unspecified atom stereocenters. The van der Waals surface area contributed by atoms with E-state index in [1.807, 2.05) is 6.07 Å². The van der Waals surface area contributed by atoms with Crippen molar-refractivity contribution in [2.45, 2.75) is 45.1 Å². The highest BCUT2D eigenvalue weighted by Crippen LogP contribution is 2.37. The van der Waals surface area contributed by atoms with Gasteiger partial charge < -0.3 is 15.4 Å². The summed E-state index contributed by atoms with van der Waals surface area (Å²) in [5.41, 5.74) is 8.83. The Morgan fingerprint density at radius 3 is 2.87 bits per heavy atom. The van der Waals surface area contributed by atoms with Gasteiger partial charge in [0.1, 0.15) is 0 Å². The Bertz CT molecular complexity index is 1250. The first-order valence-electron chi connectivity index (χ1n) is 10.9. The van der Waals surface area contributed by atoms with Crippen LogP contribution in [0.2, 0.25) is 5.02 Å². The van der Waals surface area contributed by atoms with Crippen LogP contribution in [-0.4, -0.2) is 15.1 Å². The molecule has 5 rings (SSSR count). The Kier molecular flexibility index (Phi) is 5.43. The van der Waals surface area contributed by atoms with E-state index < -0.39 is 6.10 Å². The summed E-state index contributed by atoms with van der Waals surface area (Å²) in [6.45, 7) is 2.14. The van der Waals surface area contributed by atoms with Gasteiger partial charge in [-0.2, -0.15) is 0 Å². The van der Waals surface area contributed by atoms with E-state index in [1.54, 1.807) is 6.20 Å². The minimum absolute atomic E-state index is 0.464. The van der Waals surface area contributed by atoms with Crippen molar-refractivity contribution in [2.75, 3.05) is 5.32 Å². The number of aliphatic hydroxyl groups is 1. The molecule has 0 bridgehead atoms. The van der Waals surface area contributed by atoms with Gasteiger partial charge >= 0.3 is 0 Å². The number of nitrogens with one attached hydrogen (secondary N) is 2. The summed E-state index contributed by atoms with van der Waals surface area (Å²) in [7, 11) is 0. The molecule has 5 heteroatoms. The van der Waals surface area contributed by atoms with Crippen LogP contribution in [0, 0.1) is 6.92 Å². The molecule has 0 saturated heterocycles. The van der Waals surface area contributed by atoms with E-state index in [1.165, 1.54) is 27.6 Å². The second-order valence-corrected chi connectivity index (χ2v) is 8.78. The predicted octanol–water partition coefficient (Wildman–Crippen LogP) is 6.42. The van der Waals surface area contributed by atoms with Crippen molar-refractivity contribution < 1.29 is 5.11 Å². The molecule has 3 N–H and O–H groups in total. The molecule has 4 aromatic rings. The fourth-order valence-electron chi connectivity index (χ4n) is 4.63. The van der Waals surface area contributed by atoms with Gasteiger partial charge in [-0.05, 0) is 85.5 Å². The molecule has 1 aliphatic rings. The third-order valence-electron chi connectivity index (χ3n) is 6.33. The highest BCUT2D eigenvalue weighted by atomic mass is 35.5. The Labute approximate surface area is 187 Å². The van der Waals surface area contributed by atoms with E-state index in [2.05, 4.69) is 64.8 Å². The largest absolute Gasteiger partial charge is 0.387 e. The molecule has 0 saturated carbocycles. The van der Waals surface area contributed by atoms with E-state index >= 15 is 0 Å². The Morgan fingerprint density at radius 2 is 1.97 bits per heavy atom. The third-order valence-corrected chi connectivity index (χ3v) is 6.65. The average Bonchev–Trinajstić information content (AvgIpc) is 3.36. The van der Waals surface area contributed by atoms with Crippen molar-refractivity contribution in [3.63, 3.8) is 0 Å². The van der Waals surface area contributed by atoms with Crippen LogP contribution in [-0.2, 0) is 19.3 Å². The van der Waals surface area contributed by atoms with Crippen molar-refractivity contribution in [3.05, 3.63) is 87.8 Å². The first kappa shape index (κ1) is 20.1. The van der Waals surface area contributed by atoms with E-state index in [4.69, 9.17) is 11.6 Å². The predicted molar refractivity (Wildman–Crippen MR) is 127 cm³/mol. The second-order valence-electron chi connectivity index (χ2n) is 8.37. The lowest BCUT2D eigenvalue weighted by Gasteiger charge is -2.15. The number of aliphatic hydroxyl groups excluding tert-OH is 1. The molecule has 0 amide bonds. The highest BCUT2D eigenvalue weighted by molar-refractivity contribution is 6.33. The number of hydrogen-bond donors (Lipinski definition) is 3. The normalized spacial score (nSPS) is 15.4. The average molecular weight is 432 g/mol. The van der Waals surface area contributed by atoms with Gasteiger partial charge in [0.15, 0.2) is 0 Å². The number of hydrogen-bond acceptors (Lipinski definition) is 3. The van der Waals surface area contributed by atoms with Gasteiger partial charge in [0.25, 0.3) is 0 Å². The van der Waals surface area contributed by atoms with Gasteiger partial charge in [-0.25, -0.2) is 0 Å². The maximum Gasteiger partial charge on any atom is 0.0966 e. The van der Waals surface area contributed by atoms with Gasteiger partial charge in [-0.15, -0.1) is 0 Å². The zero-order chi connectivity index (χ0) is 21.4. The smallest absolute Gasteiger partial charge is 0.0966 e. The molecule has 0 spiro atoms. The topological polar surface area (TPSA) is 60.9 Å². The van der Waals surface area contributed by atoms with E-state index in [9.17, 15) is 5.11 Å². The highest BCUT2D eigenvalue weighted by Gasteiger charge is 2.24. The van der Waals surface area contributed by atoms with Gasteiger partial charge in [0.05, 0.1) is 22.5 Å². The molecular weight excluding hydrogens is 406 g/mol. The first-order chi connectivity index (χ1) is 15.1. The number of aromatic amines is 1. The van der Waals surface area contributed by atoms with Crippen molar-refractivity contribution in [2.24, 2.45) is 0 Å². The number of halogens is 1. The van der Waals surface area contributed by atoms with E-state index in [0.717, 1.165) is 59.8 Å². The number of rotatable bonds is 6. The van der Waals surface area contributed by atoms with Gasteiger partial charge in [-0.1, -0.05) is 29.8 Å². The van der Waals surface area contributed by atoms with Crippen LogP contribution in [0.3, 0.4) is 0 Å². The molecule has 1 atom stereocenters. The lowest BCUT2D eigenvalue weighted by atomic mass is 9.99. The molecule has 2 aromatic carbocycles. The van der Waals surface area contributed by atoms with Crippen molar-refractivity contribution in [1.29, 1.82) is 0 Å². The summed E-state index contributed by atoms with van der Waals surface area (Å²) in [6.07, 6.45) is 8.06. The molecule has 0 radical (unpaired) electrons. The number of aromatic nitrogens is 2. The number of para-hydroxylation sites is 1. The van der Waals surface area contributed by atoms with Gasteiger partial charge in [0, 0.05) is 29.0 Å². The molecule has 2 heterocycles. The number of anilines is 2. The fraction of sp³-hybridized carbons (Fsp3) is 0.269. The lowest BCUT2D eigenvalue weighted by molar-refractivity contribution is 0.176.